The van der Waals surface area contributed by atoms with Gasteiger partial charge in [0.15, 0.2) is 11.7 Å². The Morgan fingerprint density at radius 2 is 1.93 bits per heavy atom. The maximum Gasteiger partial charge on any atom is 0.280 e. The van der Waals surface area contributed by atoms with Gasteiger partial charge in [0, 0.05) is 21.5 Å². The second-order valence-corrected chi connectivity index (χ2v) is 9.14. The highest BCUT2D eigenvalue weighted by Crippen LogP contribution is 2.33. The Morgan fingerprint density at radius 1 is 1.20 bits per heavy atom. The molecule has 0 radical (unpaired) electrons. The molecule has 0 aliphatic carbocycles. The van der Waals surface area contributed by atoms with Crippen molar-refractivity contribution in [1.29, 1.82) is 0 Å². The van der Waals surface area contributed by atoms with E-state index in [1.165, 1.54) is 16.2 Å². The molecule has 2 amide bonds. The number of thiophene rings is 1. The van der Waals surface area contributed by atoms with Gasteiger partial charge in [-0.15, -0.1) is 16.4 Å². The summed E-state index contributed by atoms with van der Waals surface area (Å²) in [5.74, 6) is 0.0292. The number of carbonyl (C=O) groups excluding carboxylic acids is 2. The first-order chi connectivity index (χ1) is 14.3. The van der Waals surface area contributed by atoms with Crippen molar-refractivity contribution in [2.24, 2.45) is 0 Å². The number of nitrogens with one attached hydrogen (secondary N) is 1. The lowest BCUT2D eigenvalue weighted by atomic mass is 10.1. The molecule has 3 rings (SSSR count). The number of ether oxygens (including phenoxy) is 1. The van der Waals surface area contributed by atoms with Gasteiger partial charge in [-0.3, -0.25) is 14.5 Å². The number of carbonyl (C=O) groups is 2. The van der Waals surface area contributed by atoms with Crippen LogP contribution >= 0.6 is 22.9 Å². The van der Waals surface area contributed by atoms with E-state index in [4.69, 9.17) is 4.74 Å². The van der Waals surface area contributed by atoms with Gasteiger partial charge < -0.3 is 10.1 Å². The molecule has 1 aromatic carbocycles. The van der Waals surface area contributed by atoms with Crippen LogP contribution in [0.25, 0.3) is 0 Å². The van der Waals surface area contributed by atoms with Gasteiger partial charge in [0.2, 0.25) is 5.91 Å². The molecular formula is C21H24N4O3S2. The highest BCUT2D eigenvalue weighted by molar-refractivity contribution is 7.10. The van der Waals surface area contributed by atoms with E-state index in [1.54, 1.807) is 29.6 Å². The lowest BCUT2D eigenvalue weighted by molar-refractivity contribution is -0.123. The smallest absolute Gasteiger partial charge is 0.280 e. The fourth-order valence-corrected chi connectivity index (χ4v) is 4.14. The van der Waals surface area contributed by atoms with Crippen molar-refractivity contribution in [3.05, 3.63) is 57.7 Å². The number of rotatable bonds is 7. The molecule has 1 atom stereocenters. The normalized spacial score (nSPS) is 12.3. The van der Waals surface area contributed by atoms with Crippen LogP contribution in [0.1, 0.15) is 49.1 Å². The van der Waals surface area contributed by atoms with Crippen molar-refractivity contribution >= 4 is 40.4 Å². The highest BCUT2D eigenvalue weighted by Gasteiger charge is 2.36. The number of nitrogens with zero attached hydrogens (tertiary/aromatic N) is 3. The Balaban J connectivity index is 2.09. The molecule has 2 aromatic heterocycles. The highest BCUT2D eigenvalue weighted by atomic mass is 32.1. The van der Waals surface area contributed by atoms with Crippen LogP contribution in [0.3, 0.4) is 0 Å². The summed E-state index contributed by atoms with van der Waals surface area (Å²) in [5, 5.41) is 10.4. The van der Waals surface area contributed by atoms with E-state index in [2.05, 4.69) is 14.9 Å². The van der Waals surface area contributed by atoms with Gasteiger partial charge in [0.05, 0.1) is 6.61 Å². The zero-order valence-electron chi connectivity index (χ0n) is 17.3. The van der Waals surface area contributed by atoms with Crippen LogP contribution in [-0.4, -0.2) is 33.5 Å². The van der Waals surface area contributed by atoms with Gasteiger partial charge >= 0.3 is 0 Å². The topological polar surface area (TPSA) is 84.4 Å². The molecule has 7 nitrogen and oxygen atoms in total. The number of aromatic nitrogens is 2. The van der Waals surface area contributed by atoms with Crippen LogP contribution < -0.4 is 15.0 Å². The quantitative estimate of drug-likeness (QED) is 0.587. The van der Waals surface area contributed by atoms with E-state index >= 15 is 0 Å². The molecule has 3 aromatic rings. The van der Waals surface area contributed by atoms with E-state index < -0.39 is 17.5 Å². The van der Waals surface area contributed by atoms with E-state index in [0.29, 0.717) is 18.0 Å². The first-order valence-electron chi connectivity index (χ1n) is 9.49. The predicted octanol–water partition coefficient (Wildman–Crippen LogP) is 4.30. The van der Waals surface area contributed by atoms with Gasteiger partial charge in [-0.1, -0.05) is 10.6 Å². The van der Waals surface area contributed by atoms with Crippen LogP contribution in [0.4, 0.5) is 5.69 Å². The largest absolute Gasteiger partial charge is 0.494 e. The van der Waals surface area contributed by atoms with Crippen molar-refractivity contribution in [2.45, 2.75) is 39.3 Å². The molecule has 1 unspecified atom stereocenters. The van der Waals surface area contributed by atoms with Crippen LogP contribution in [-0.2, 0) is 4.79 Å². The first-order valence-corrected chi connectivity index (χ1v) is 11.2. The summed E-state index contributed by atoms with van der Waals surface area (Å²) in [7, 11) is 0. The van der Waals surface area contributed by atoms with Crippen molar-refractivity contribution in [2.75, 3.05) is 11.5 Å². The van der Waals surface area contributed by atoms with Crippen LogP contribution in [0.15, 0.2) is 47.2 Å². The molecule has 0 spiro atoms. The summed E-state index contributed by atoms with van der Waals surface area (Å²) in [6.07, 6.45) is 0. The Kier molecular flexibility index (Phi) is 6.84. The van der Waals surface area contributed by atoms with Gasteiger partial charge in [-0.2, -0.15) is 0 Å². The minimum Gasteiger partial charge on any atom is -0.494 e. The standard InChI is InChI=1S/C21H24N4O3S2/c1-5-28-15-10-8-14(9-11-15)25(20(27)16-13-30-24-23-16)18(17-7-6-12-29-17)19(26)22-21(2,3)4/h6-13,18H,5H2,1-4H3,(H,22,26). The Labute approximate surface area is 183 Å². The number of anilines is 1. The van der Waals surface area contributed by atoms with Crippen molar-refractivity contribution in [3.63, 3.8) is 0 Å². The lowest BCUT2D eigenvalue weighted by Gasteiger charge is -2.32. The summed E-state index contributed by atoms with van der Waals surface area (Å²) in [6, 6.07) is 9.98. The van der Waals surface area contributed by atoms with Gasteiger partial charge in [0.1, 0.15) is 5.75 Å². The second-order valence-electron chi connectivity index (χ2n) is 7.55. The molecule has 30 heavy (non-hydrogen) atoms. The molecule has 2 heterocycles. The Bertz CT molecular complexity index is 965. The maximum absolute atomic E-state index is 13.4. The predicted molar refractivity (Wildman–Crippen MR) is 119 cm³/mol. The number of hydrogen-bond acceptors (Lipinski definition) is 7. The minimum absolute atomic E-state index is 0.194. The average Bonchev–Trinajstić information content (AvgIpc) is 3.39. The fourth-order valence-electron chi connectivity index (χ4n) is 2.89. The third kappa shape index (κ3) is 5.22. The summed E-state index contributed by atoms with van der Waals surface area (Å²) in [6.45, 7) is 8.16. The fraction of sp³-hybridized carbons (Fsp3) is 0.333. The van der Waals surface area contributed by atoms with Crippen molar-refractivity contribution < 1.29 is 14.3 Å². The third-order valence-electron chi connectivity index (χ3n) is 4.04. The van der Waals surface area contributed by atoms with Gasteiger partial charge in [0.25, 0.3) is 5.91 Å². The summed E-state index contributed by atoms with van der Waals surface area (Å²) in [5.41, 5.74) is 0.306. The zero-order valence-corrected chi connectivity index (χ0v) is 18.9. The van der Waals surface area contributed by atoms with Gasteiger partial charge in [-0.05, 0) is 74.9 Å². The molecule has 0 saturated carbocycles. The Hall–Kier alpha value is -2.78. The molecule has 9 heteroatoms. The molecule has 0 bridgehead atoms. The average molecular weight is 445 g/mol. The van der Waals surface area contributed by atoms with E-state index in [9.17, 15) is 9.59 Å². The van der Waals surface area contributed by atoms with E-state index in [0.717, 1.165) is 16.4 Å². The zero-order chi connectivity index (χ0) is 21.7. The number of hydrogen-bond donors (Lipinski definition) is 1. The maximum atomic E-state index is 13.4. The molecule has 0 aliphatic rings. The third-order valence-corrected chi connectivity index (χ3v) is 5.47. The summed E-state index contributed by atoms with van der Waals surface area (Å²) < 4.78 is 9.33. The van der Waals surface area contributed by atoms with Gasteiger partial charge in [-0.25, -0.2) is 0 Å². The monoisotopic (exact) mass is 444 g/mol. The van der Waals surface area contributed by atoms with E-state index in [1.807, 2.05) is 45.2 Å². The Morgan fingerprint density at radius 3 is 2.47 bits per heavy atom. The molecule has 1 N–H and O–H groups in total. The SMILES string of the molecule is CCOc1ccc(N(C(=O)c2csnn2)C(C(=O)NC(C)(C)C)c2cccs2)cc1. The number of amides is 2. The molecule has 0 aliphatic heterocycles. The second kappa shape index (κ2) is 9.36. The van der Waals surface area contributed by atoms with E-state index in [-0.39, 0.29) is 11.6 Å². The summed E-state index contributed by atoms with van der Waals surface area (Å²) >= 11 is 2.51. The minimum atomic E-state index is -0.851. The molecule has 0 fully saturated rings. The molecule has 158 valence electrons. The first kappa shape index (κ1) is 21.9. The van der Waals surface area contributed by atoms with Crippen molar-refractivity contribution in [1.82, 2.24) is 14.9 Å². The van der Waals surface area contributed by atoms with Crippen LogP contribution in [0, 0.1) is 0 Å². The lowest BCUT2D eigenvalue weighted by Crippen LogP contribution is -2.49. The van der Waals surface area contributed by atoms with Crippen molar-refractivity contribution in [3.8, 4) is 5.75 Å². The molecular weight excluding hydrogens is 420 g/mol. The number of benzene rings is 1. The van der Waals surface area contributed by atoms with Crippen LogP contribution in [0.2, 0.25) is 0 Å². The van der Waals surface area contributed by atoms with Crippen LogP contribution in [0.5, 0.6) is 5.75 Å². The molecule has 0 saturated heterocycles. The summed E-state index contributed by atoms with van der Waals surface area (Å²) in [4.78, 5) is 29.0.